The Hall–Kier alpha value is -2.07. The van der Waals surface area contributed by atoms with Gasteiger partial charge in [0.2, 0.25) is 5.91 Å². The number of carbonyl (C=O) groups is 1. The maximum atomic E-state index is 13.3. The van der Waals surface area contributed by atoms with Crippen LogP contribution in [0, 0.1) is 11.6 Å². The van der Waals surface area contributed by atoms with Crippen molar-refractivity contribution in [3.05, 3.63) is 64.7 Å². The second kappa shape index (κ2) is 7.51. The summed E-state index contributed by atoms with van der Waals surface area (Å²) in [6.45, 7) is 0. The molecular weight excluding hydrogens is 400 g/mol. The second-order valence-corrected chi connectivity index (χ2v) is 8.28. The number of hydrogen-bond acceptors (Lipinski definition) is 3. The fourth-order valence-electron chi connectivity index (χ4n) is 2.82. The van der Waals surface area contributed by atoms with Crippen LogP contribution in [0.2, 0.25) is 5.02 Å². The first-order valence-electron chi connectivity index (χ1n) is 7.94. The lowest BCUT2D eigenvalue weighted by Gasteiger charge is -2.36. The summed E-state index contributed by atoms with van der Waals surface area (Å²) in [6.07, 6.45) is 0.127. The lowest BCUT2D eigenvalue weighted by atomic mass is 9.99. The molecule has 6 nitrogen and oxygen atoms in total. The molecule has 0 saturated carbocycles. The minimum Gasteiger partial charge on any atom is -0.325 e. The summed E-state index contributed by atoms with van der Waals surface area (Å²) < 4.78 is 54.6. The third-order valence-corrected chi connectivity index (χ3v) is 6.22. The molecule has 144 valence electrons. The molecule has 10 heteroatoms. The summed E-state index contributed by atoms with van der Waals surface area (Å²) in [5.41, 5.74) is 0.782. The Morgan fingerprint density at radius 3 is 2.52 bits per heavy atom. The van der Waals surface area contributed by atoms with Crippen molar-refractivity contribution in [2.45, 2.75) is 18.5 Å². The van der Waals surface area contributed by atoms with Crippen molar-refractivity contribution in [2.24, 2.45) is 0 Å². The highest BCUT2D eigenvalue weighted by Gasteiger charge is 2.40. The molecule has 2 unspecified atom stereocenters. The molecule has 1 heterocycles. The summed E-state index contributed by atoms with van der Waals surface area (Å²) in [5.74, 6) is -1.66. The summed E-state index contributed by atoms with van der Waals surface area (Å²) in [4.78, 5) is 12.7. The van der Waals surface area contributed by atoms with Crippen molar-refractivity contribution >= 4 is 33.4 Å². The van der Waals surface area contributed by atoms with Gasteiger partial charge in [0, 0.05) is 18.8 Å². The molecular formula is C17H16ClF2N3O3S. The van der Waals surface area contributed by atoms with Gasteiger partial charge in [0.05, 0.1) is 5.02 Å². The van der Waals surface area contributed by atoms with E-state index in [0.29, 0.717) is 5.56 Å². The highest BCUT2D eigenvalue weighted by Crippen LogP contribution is 2.29. The van der Waals surface area contributed by atoms with E-state index in [2.05, 4.69) is 10.0 Å². The van der Waals surface area contributed by atoms with Gasteiger partial charge in [-0.2, -0.15) is 17.4 Å². The van der Waals surface area contributed by atoms with Crippen LogP contribution in [0.5, 0.6) is 0 Å². The molecule has 3 rings (SSSR count). The van der Waals surface area contributed by atoms with Crippen LogP contribution >= 0.6 is 11.6 Å². The normalized spacial score (nSPS) is 22.4. The largest absolute Gasteiger partial charge is 0.325 e. The van der Waals surface area contributed by atoms with Gasteiger partial charge in [-0.3, -0.25) is 4.79 Å². The van der Waals surface area contributed by atoms with Crippen LogP contribution in [0.15, 0.2) is 42.5 Å². The zero-order chi connectivity index (χ0) is 19.8. The zero-order valence-corrected chi connectivity index (χ0v) is 15.7. The summed E-state index contributed by atoms with van der Waals surface area (Å²) >= 11 is 5.70. The quantitative estimate of drug-likeness (QED) is 0.809. The smallest absolute Gasteiger partial charge is 0.280 e. The van der Waals surface area contributed by atoms with Gasteiger partial charge >= 0.3 is 0 Å². The Kier molecular flexibility index (Phi) is 5.48. The number of amides is 1. The van der Waals surface area contributed by atoms with Gasteiger partial charge in [0.25, 0.3) is 10.2 Å². The Balaban J connectivity index is 1.84. The minimum absolute atomic E-state index is 0.127. The molecule has 0 aliphatic carbocycles. The predicted molar refractivity (Wildman–Crippen MR) is 97.4 cm³/mol. The second-order valence-electron chi connectivity index (χ2n) is 6.11. The molecule has 2 atom stereocenters. The van der Waals surface area contributed by atoms with Gasteiger partial charge in [0.1, 0.15) is 17.7 Å². The van der Waals surface area contributed by atoms with Gasteiger partial charge in [-0.1, -0.05) is 23.7 Å². The van der Waals surface area contributed by atoms with Crippen LogP contribution in [0.4, 0.5) is 14.5 Å². The minimum atomic E-state index is -3.93. The van der Waals surface area contributed by atoms with E-state index in [1.807, 2.05) is 0 Å². The number of halogens is 3. The molecule has 0 aromatic heterocycles. The van der Waals surface area contributed by atoms with E-state index in [0.717, 1.165) is 10.4 Å². The fraction of sp³-hybridized carbons (Fsp3) is 0.235. The van der Waals surface area contributed by atoms with Crippen LogP contribution < -0.4 is 10.0 Å². The maximum Gasteiger partial charge on any atom is 0.280 e. The molecule has 0 spiro atoms. The molecule has 1 fully saturated rings. The van der Waals surface area contributed by atoms with Crippen molar-refractivity contribution in [3.63, 3.8) is 0 Å². The monoisotopic (exact) mass is 415 g/mol. The number of hydrogen-bond donors (Lipinski definition) is 2. The van der Waals surface area contributed by atoms with Crippen LogP contribution in [-0.2, 0) is 15.0 Å². The van der Waals surface area contributed by atoms with Crippen molar-refractivity contribution in [1.29, 1.82) is 0 Å². The molecule has 0 bridgehead atoms. The van der Waals surface area contributed by atoms with E-state index in [4.69, 9.17) is 11.6 Å². The Labute approximate surface area is 160 Å². The first-order valence-corrected chi connectivity index (χ1v) is 9.76. The van der Waals surface area contributed by atoms with E-state index < -0.39 is 39.8 Å². The maximum absolute atomic E-state index is 13.3. The number of benzene rings is 2. The predicted octanol–water partition coefficient (Wildman–Crippen LogP) is 2.84. The number of likely N-dealkylation sites (N-methyl/N-ethyl adjacent to an activating group) is 1. The molecule has 0 radical (unpaired) electrons. The fourth-order valence-corrected chi connectivity index (χ4v) is 4.28. The number of nitrogens with one attached hydrogen (secondary N) is 2. The lowest BCUT2D eigenvalue weighted by molar-refractivity contribution is -0.120. The number of anilines is 1. The number of rotatable bonds is 3. The van der Waals surface area contributed by atoms with E-state index in [1.54, 1.807) is 0 Å². The van der Waals surface area contributed by atoms with Crippen LogP contribution in [0.3, 0.4) is 0 Å². The van der Waals surface area contributed by atoms with Crippen LogP contribution in [0.25, 0.3) is 0 Å². The van der Waals surface area contributed by atoms with E-state index >= 15 is 0 Å². The molecule has 2 N–H and O–H groups in total. The van der Waals surface area contributed by atoms with E-state index in [-0.39, 0.29) is 17.1 Å². The van der Waals surface area contributed by atoms with E-state index in [9.17, 15) is 22.0 Å². The third kappa shape index (κ3) is 4.27. The summed E-state index contributed by atoms with van der Waals surface area (Å²) in [5, 5.41) is 2.38. The van der Waals surface area contributed by atoms with Crippen molar-refractivity contribution < 1.29 is 22.0 Å². The van der Waals surface area contributed by atoms with E-state index in [1.165, 1.54) is 43.4 Å². The zero-order valence-electron chi connectivity index (χ0n) is 14.1. The molecule has 1 saturated heterocycles. The summed E-state index contributed by atoms with van der Waals surface area (Å²) in [6, 6.07) is 7.31. The first-order chi connectivity index (χ1) is 12.7. The average Bonchev–Trinajstić information content (AvgIpc) is 2.61. The third-order valence-electron chi connectivity index (χ3n) is 4.33. The standard InChI is InChI=1S/C17H16ClF2N3O3S/c1-23-16(17(24)21-12-6-7-14(20)13(18)8-12)9-15(22-27(23,25)26)10-2-4-11(19)5-3-10/h2-8,15-16,22H,9H2,1H3,(H,21,24). The molecule has 1 aliphatic heterocycles. The Morgan fingerprint density at radius 1 is 1.22 bits per heavy atom. The van der Waals surface area contributed by atoms with Gasteiger partial charge < -0.3 is 5.32 Å². The molecule has 1 amide bonds. The SMILES string of the molecule is CN1C(C(=O)Nc2ccc(F)c(Cl)c2)CC(c2ccc(F)cc2)NS1(=O)=O. The molecule has 27 heavy (non-hydrogen) atoms. The lowest BCUT2D eigenvalue weighted by Crippen LogP contribution is -2.55. The van der Waals surface area contributed by atoms with Gasteiger partial charge in [-0.15, -0.1) is 0 Å². The number of carbonyl (C=O) groups excluding carboxylic acids is 1. The average molecular weight is 416 g/mol. The molecule has 1 aliphatic rings. The van der Waals surface area contributed by atoms with Gasteiger partial charge in [0.15, 0.2) is 0 Å². The van der Waals surface area contributed by atoms with Gasteiger partial charge in [-0.05, 0) is 42.3 Å². The summed E-state index contributed by atoms with van der Waals surface area (Å²) in [7, 11) is -2.64. The van der Waals surface area contributed by atoms with Crippen molar-refractivity contribution in [1.82, 2.24) is 9.03 Å². The van der Waals surface area contributed by atoms with Crippen LogP contribution in [0.1, 0.15) is 18.0 Å². The number of nitrogens with zero attached hydrogens (tertiary/aromatic N) is 1. The van der Waals surface area contributed by atoms with Gasteiger partial charge in [-0.25, -0.2) is 8.78 Å². The molecule has 2 aromatic rings. The Morgan fingerprint density at radius 2 is 1.89 bits per heavy atom. The first kappa shape index (κ1) is 19.7. The topological polar surface area (TPSA) is 78.5 Å². The van der Waals surface area contributed by atoms with Crippen molar-refractivity contribution in [3.8, 4) is 0 Å². The van der Waals surface area contributed by atoms with Crippen molar-refractivity contribution in [2.75, 3.05) is 12.4 Å². The highest BCUT2D eigenvalue weighted by atomic mass is 35.5. The molecule has 2 aromatic carbocycles. The Bertz CT molecular complexity index is 970. The highest BCUT2D eigenvalue weighted by molar-refractivity contribution is 7.87. The van der Waals surface area contributed by atoms with Crippen LogP contribution in [-0.4, -0.2) is 31.7 Å².